The minimum absolute atomic E-state index is 0.0187. The zero-order valence-electron chi connectivity index (χ0n) is 18.0. The molecule has 3 aliphatic rings. The fraction of sp³-hybridized carbons (Fsp3) is 0.400. The number of fused-ring (bicyclic) bond motifs is 1. The van der Waals surface area contributed by atoms with E-state index in [1.807, 2.05) is 30.3 Å². The van der Waals surface area contributed by atoms with E-state index < -0.39 is 11.9 Å². The van der Waals surface area contributed by atoms with Crippen LogP contribution in [0.5, 0.6) is 0 Å². The van der Waals surface area contributed by atoms with Crippen molar-refractivity contribution in [2.45, 2.75) is 37.3 Å². The van der Waals surface area contributed by atoms with Crippen LogP contribution in [0.3, 0.4) is 0 Å². The van der Waals surface area contributed by atoms with Crippen molar-refractivity contribution >= 4 is 17.7 Å². The van der Waals surface area contributed by atoms with E-state index in [0.29, 0.717) is 25.2 Å². The van der Waals surface area contributed by atoms with Crippen molar-refractivity contribution in [2.75, 3.05) is 19.8 Å². The highest BCUT2D eigenvalue weighted by Crippen LogP contribution is 2.59. The lowest BCUT2D eigenvalue weighted by Gasteiger charge is -2.42. The van der Waals surface area contributed by atoms with Gasteiger partial charge < -0.3 is 20.7 Å². The predicted molar refractivity (Wildman–Crippen MR) is 118 cm³/mol. The van der Waals surface area contributed by atoms with Gasteiger partial charge in [0.05, 0.1) is 25.2 Å². The molecule has 2 aromatic rings. The number of amides is 3. The van der Waals surface area contributed by atoms with Crippen LogP contribution in [0.2, 0.25) is 0 Å². The first-order valence-electron chi connectivity index (χ1n) is 11.0. The van der Waals surface area contributed by atoms with Gasteiger partial charge >= 0.3 is 0 Å². The van der Waals surface area contributed by atoms with Crippen LogP contribution in [-0.2, 0) is 19.7 Å². The Morgan fingerprint density at radius 2 is 1.69 bits per heavy atom. The van der Waals surface area contributed by atoms with Crippen molar-refractivity contribution < 1.29 is 19.1 Å². The van der Waals surface area contributed by atoms with Crippen molar-refractivity contribution in [1.29, 1.82) is 0 Å². The molecule has 3 atom stereocenters. The molecule has 3 fully saturated rings. The molecule has 166 valence electrons. The Kier molecular flexibility index (Phi) is 4.82. The van der Waals surface area contributed by atoms with E-state index >= 15 is 0 Å². The number of hydrogen-bond donors (Lipinski definition) is 2. The Bertz CT molecular complexity index is 1060. The standard InChI is InChI=1S/C25H27N3O4/c1-24-11-19(22(26)30)28(20(24)12-24)21(29)13-27-23(31)16-7-9-18(10-8-16)25(14-32-15-25)17-5-3-2-4-6-17/h2-10,19-20H,11-15H2,1H3,(H2,26,30)(H,27,31). The Morgan fingerprint density at radius 3 is 2.28 bits per heavy atom. The summed E-state index contributed by atoms with van der Waals surface area (Å²) in [6.07, 6.45) is 1.48. The molecule has 0 spiro atoms. The second-order valence-electron chi connectivity index (χ2n) is 9.50. The highest BCUT2D eigenvalue weighted by atomic mass is 16.5. The first kappa shape index (κ1) is 20.7. The largest absolute Gasteiger partial charge is 0.379 e. The van der Waals surface area contributed by atoms with Crippen molar-refractivity contribution in [1.82, 2.24) is 10.2 Å². The van der Waals surface area contributed by atoms with Crippen molar-refractivity contribution in [3.63, 3.8) is 0 Å². The minimum atomic E-state index is -0.582. The van der Waals surface area contributed by atoms with Crippen LogP contribution in [0.15, 0.2) is 54.6 Å². The van der Waals surface area contributed by atoms with E-state index in [4.69, 9.17) is 10.5 Å². The van der Waals surface area contributed by atoms with Gasteiger partial charge in [0.15, 0.2) is 0 Å². The number of likely N-dealkylation sites (tertiary alicyclic amines) is 1. The Balaban J connectivity index is 1.24. The summed E-state index contributed by atoms with van der Waals surface area (Å²) < 4.78 is 5.53. The molecule has 2 aliphatic heterocycles. The van der Waals surface area contributed by atoms with Crippen molar-refractivity contribution in [3.05, 3.63) is 71.3 Å². The Morgan fingerprint density at radius 1 is 1.03 bits per heavy atom. The van der Waals surface area contributed by atoms with Gasteiger partial charge in [-0.3, -0.25) is 14.4 Å². The first-order valence-corrected chi connectivity index (χ1v) is 11.0. The molecule has 32 heavy (non-hydrogen) atoms. The number of benzene rings is 2. The first-order chi connectivity index (χ1) is 15.3. The molecule has 3 amide bonds. The molecule has 2 heterocycles. The number of nitrogens with one attached hydrogen (secondary N) is 1. The number of piperidine rings is 1. The number of nitrogens with zero attached hydrogens (tertiary/aromatic N) is 1. The summed E-state index contributed by atoms with van der Waals surface area (Å²) in [4.78, 5) is 38.7. The topological polar surface area (TPSA) is 102 Å². The van der Waals surface area contributed by atoms with Gasteiger partial charge in [0.25, 0.3) is 5.91 Å². The quantitative estimate of drug-likeness (QED) is 0.722. The van der Waals surface area contributed by atoms with E-state index in [9.17, 15) is 14.4 Å². The van der Waals surface area contributed by atoms with Crippen molar-refractivity contribution in [2.24, 2.45) is 11.1 Å². The molecule has 2 saturated heterocycles. The van der Waals surface area contributed by atoms with Crippen LogP contribution in [-0.4, -0.2) is 54.5 Å². The van der Waals surface area contributed by atoms with Crippen LogP contribution < -0.4 is 11.1 Å². The number of ether oxygens (including phenoxy) is 1. The summed E-state index contributed by atoms with van der Waals surface area (Å²) >= 11 is 0. The molecule has 3 N–H and O–H groups in total. The third-order valence-electron chi connectivity index (χ3n) is 7.37. The number of primary amides is 1. The summed E-state index contributed by atoms with van der Waals surface area (Å²) in [6, 6.07) is 17.1. The molecule has 3 unspecified atom stereocenters. The highest BCUT2D eigenvalue weighted by molar-refractivity contribution is 5.97. The van der Waals surface area contributed by atoms with Gasteiger partial charge in [-0.1, -0.05) is 49.4 Å². The van der Waals surface area contributed by atoms with Gasteiger partial charge in [0.1, 0.15) is 6.04 Å². The fourth-order valence-electron chi connectivity index (χ4n) is 5.23. The van der Waals surface area contributed by atoms with E-state index in [0.717, 1.165) is 12.0 Å². The zero-order chi connectivity index (χ0) is 22.5. The van der Waals surface area contributed by atoms with Crippen LogP contribution in [0.4, 0.5) is 0 Å². The number of rotatable bonds is 6. The molecule has 1 aliphatic carbocycles. The summed E-state index contributed by atoms with van der Waals surface area (Å²) in [5.41, 5.74) is 8.05. The molecule has 0 aromatic heterocycles. The fourth-order valence-corrected chi connectivity index (χ4v) is 5.23. The number of carbonyl (C=O) groups excluding carboxylic acids is 3. The number of hydrogen-bond acceptors (Lipinski definition) is 4. The molecule has 2 aromatic carbocycles. The monoisotopic (exact) mass is 433 g/mol. The maximum atomic E-state index is 12.8. The lowest BCUT2D eigenvalue weighted by atomic mass is 9.73. The molecule has 5 rings (SSSR count). The molecule has 0 bridgehead atoms. The highest BCUT2D eigenvalue weighted by Gasteiger charge is 2.64. The Labute approximate surface area is 186 Å². The molecule has 7 nitrogen and oxygen atoms in total. The third kappa shape index (κ3) is 3.28. The minimum Gasteiger partial charge on any atom is -0.379 e. The SMILES string of the molecule is CC12CC(C(N)=O)N(C(=O)CNC(=O)c3ccc(C4(c5ccccc5)COC4)cc3)C1C2. The number of carbonyl (C=O) groups is 3. The van der Waals surface area contributed by atoms with E-state index in [-0.39, 0.29) is 35.2 Å². The van der Waals surface area contributed by atoms with Gasteiger partial charge in [-0.15, -0.1) is 0 Å². The summed E-state index contributed by atoms with van der Waals surface area (Å²) in [7, 11) is 0. The van der Waals surface area contributed by atoms with Gasteiger partial charge in [0, 0.05) is 11.6 Å². The second kappa shape index (κ2) is 7.45. The van der Waals surface area contributed by atoms with Gasteiger partial charge in [-0.2, -0.15) is 0 Å². The molecular formula is C25H27N3O4. The second-order valence-corrected chi connectivity index (χ2v) is 9.50. The van der Waals surface area contributed by atoms with E-state index in [1.54, 1.807) is 17.0 Å². The van der Waals surface area contributed by atoms with Crippen LogP contribution >= 0.6 is 0 Å². The van der Waals surface area contributed by atoms with Crippen LogP contribution in [0.1, 0.15) is 41.3 Å². The van der Waals surface area contributed by atoms with Crippen LogP contribution in [0.25, 0.3) is 0 Å². The maximum absolute atomic E-state index is 12.8. The smallest absolute Gasteiger partial charge is 0.251 e. The third-order valence-corrected chi connectivity index (χ3v) is 7.37. The predicted octanol–water partition coefficient (Wildman–Crippen LogP) is 1.60. The lowest BCUT2D eigenvalue weighted by Crippen LogP contribution is -2.49. The molecule has 7 heteroatoms. The van der Waals surface area contributed by atoms with Gasteiger partial charge in [-0.05, 0) is 41.5 Å². The molecule has 1 saturated carbocycles. The molecule has 0 radical (unpaired) electrons. The van der Waals surface area contributed by atoms with E-state index in [2.05, 4.69) is 24.4 Å². The lowest BCUT2D eigenvalue weighted by molar-refractivity contribution is -0.137. The summed E-state index contributed by atoms with van der Waals surface area (Å²) in [5.74, 6) is -1.07. The van der Waals surface area contributed by atoms with E-state index in [1.165, 1.54) is 5.56 Å². The summed E-state index contributed by atoms with van der Waals surface area (Å²) in [6.45, 7) is 3.12. The summed E-state index contributed by atoms with van der Waals surface area (Å²) in [5, 5.41) is 2.70. The normalized spacial score (nSPS) is 27.2. The average molecular weight is 434 g/mol. The average Bonchev–Trinajstić information content (AvgIpc) is 3.32. The van der Waals surface area contributed by atoms with Gasteiger partial charge in [-0.25, -0.2) is 0 Å². The van der Waals surface area contributed by atoms with Gasteiger partial charge in [0.2, 0.25) is 11.8 Å². The van der Waals surface area contributed by atoms with Crippen molar-refractivity contribution in [3.8, 4) is 0 Å². The molecular weight excluding hydrogens is 406 g/mol. The number of nitrogens with two attached hydrogens (primary N) is 1. The zero-order valence-corrected chi connectivity index (χ0v) is 18.0. The van der Waals surface area contributed by atoms with Crippen LogP contribution in [0, 0.1) is 5.41 Å². The Hall–Kier alpha value is -3.19. The maximum Gasteiger partial charge on any atom is 0.251 e.